The molecule has 0 saturated carbocycles. The second-order valence-corrected chi connectivity index (χ2v) is 6.79. The molecule has 1 fully saturated rings. The summed E-state index contributed by atoms with van der Waals surface area (Å²) in [7, 11) is 0. The zero-order valence-corrected chi connectivity index (χ0v) is 15.3. The third kappa shape index (κ3) is 4.95. The van der Waals surface area contributed by atoms with E-state index in [1.54, 1.807) is 23.1 Å². The van der Waals surface area contributed by atoms with Crippen LogP contribution in [0.15, 0.2) is 18.2 Å². The van der Waals surface area contributed by atoms with E-state index in [0.29, 0.717) is 36.5 Å². The predicted octanol–water partition coefficient (Wildman–Crippen LogP) is 2.58. The van der Waals surface area contributed by atoms with E-state index in [1.165, 1.54) is 11.8 Å². The highest BCUT2D eigenvalue weighted by molar-refractivity contribution is 6.31. The van der Waals surface area contributed by atoms with Gasteiger partial charge in [0.15, 0.2) is 0 Å². The molecule has 1 aliphatic heterocycles. The van der Waals surface area contributed by atoms with E-state index in [9.17, 15) is 14.4 Å². The molecule has 1 aliphatic rings. The molecule has 0 aromatic heterocycles. The first-order chi connectivity index (χ1) is 11.8. The summed E-state index contributed by atoms with van der Waals surface area (Å²) in [6.45, 7) is 4.02. The van der Waals surface area contributed by atoms with Gasteiger partial charge in [-0.1, -0.05) is 11.6 Å². The lowest BCUT2D eigenvalue weighted by Gasteiger charge is -2.28. The average molecular weight is 367 g/mol. The van der Waals surface area contributed by atoms with Gasteiger partial charge in [0, 0.05) is 36.6 Å². The summed E-state index contributed by atoms with van der Waals surface area (Å²) in [5.74, 6) is -1.34. The molecule has 1 unspecified atom stereocenters. The van der Waals surface area contributed by atoms with Crippen molar-refractivity contribution >= 4 is 29.4 Å². The number of nitrogens with zero attached hydrogens (tertiary/aromatic N) is 2. The first kappa shape index (κ1) is 19.2. The van der Waals surface area contributed by atoms with Crippen LogP contribution < -0.4 is 0 Å². The second-order valence-electron chi connectivity index (χ2n) is 6.38. The fourth-order valence-corrected chi connectivity index (χ4v) is 3.31. The highest BCUT2D eigenvalue weighted by atomic mass is 35.5. The molecule has 2 rings (SSSR count). The third-order valence-corrected chi connectivity index (χ3v) is 4.96. The number of hydrogen-bond acceptors (Lipinski definition) is 3. The van der Waals surface area contributed by atoms with Crippen LogP contribution in [0.2, 0.25) is 5.02 Å². The molecule has 1 aromatic carbocycles. The summed E-state index contributed by atoms with van der Waals surface area (Å²) in [6.07, 6.45) is 1.99. The Balaban J connectivity index is 2.07. The van der Waals surface area contributed by atoms with Crippen molar-refractivity contribution in [3.8, 4) is 0 Å². The number of benzene rings is 1. The van der Waals surface area contributed by atoms with Gasteiger partial charge in [-0.05, 0) is 49.9 Å². The number of aryl methyl sites for hydroxylation is 1. The highest BCUT2D eigenvalue weighted by Crippen LogP contribution is 2.21. The van der Waals surface area contributed by atoms with Crippen LogP contribution in [0.1, 0.15) is 42.1 Å². The zero-order valence-electron chi connectivity index (χ0n) is 14.5. The van der Waals surface area contributed by atoms with E-state index < -0.39 is 5.97 Å². The van der Waals surface area contributed by atoms with Crippen molar-refractivity contribution in [2.45, 2.75) is 39.2 Å². The van der Waals surface area contributed by atoms with E-state index in [1.807, 2.05) is 6.92 Å². The Morgan fingerprint density at radius 3 is 2.60 bits per heavy atom. The van der Waals surface area contributed by atoms with Crippen molar-refractivity contribution in [1.29, 1.82) is 0 Å². The molecule has 0 aliphatic carbocycles. The van der Waals surface area contributed by atoms with Gasteiger partial charge in [0.25, 0.3) is 5.91 Å². The number of carbonyl (C=O) groups excluding carboxylic acids is 2. The lowest BCUT2D eigenvalue weighted by Crippen LogP contribution is -2.43. The van der Waals surface area contributed by atoms with Crippen molar-refractivity contribution in [2.24, 2.45) is 0 Å². The van der Waals surface area contributed by atoms with Crippen LogP contribution in [0.25, 0.3) is 0 Å². The molecule has 1 heterocycles. The van der Waals surface area contributed by atoms with E-state index in [-0.39, 0.29) is 24.4 Å². The largest absolute Gasteiger partial charge is 0.480 e. The summed E-state index contributed by atoms with van der Waals surface area (Å²) >= 11 is 6.01. The van der Waals surface area contributed by atoms with Crippen LogP contribution in [0, 0.1) is 6.92 Å². The number of carboxylic acids is 1. The molecular formula is C18H23ClN2O4. The first-order valence-corrected chi connectivity index (χ1v) is 8.72. The minimum Gasteiger partial charge on any atom is -0.480 e. The molecule has 1 atom stereocenters. The monoisotopic (exact) mass is 366 g/mol. The lowest BCUT2D eigenvalue weighted by molar-refractivity contribution is -0.145. The van der Waals surface area contributed by atoms with Crippen LogP contribution in [0.4, 0.5) is 0 Å². The van der Waals surface area contributed by atoms with Crippen molar-refractivity contribution < 1.29 is 19.5 Å². The standard InChI is InChI=1S/C18H23ClN2O4/c1-12-10-14(5-6-16(12)19)18(25)20-8-3-4-15(7-9-20)21(13(2)22)11-17(23)24/h5-6,10,15H,3-4,7-9,11H2,1-2H3,(H,23,24). The molecule has 0 spiro atoms. The van der Waals surface area contributed by atoms with Crippen molar-refractivity contribution in [3.63, 3.8) is 0 Å². The molecule has 0 radical (unpaired) electrons. The minimum absolute atomic E-state index is 0.0620. The summed E-state index contributed by atoms with van der Waals surface area (Å²) in [4.78, 5) is 38.6. The van der Waals surface area contributed by atoms with Gasteiger partial charge in [-0.15, -0.1) is 0 Å². The van der Waals surface area contributed by atoms with Gasteiger partial charge in [-0.25, -0.2) is 0 Å². The predicted molar refractivity (Wildman–Crippen MR) is 94.8 cm³/mol. The summed E-state index contributed by atoms with van der Waals surface area (Å²) in [5.41, 5.74) is 1.44. The molecule has 6 nitrogen and oxygen atoms in total. The van der Waals surface area contributed by atoms with Crippen LogP contribution in [0.5, 0.6) is 0 Å². The maximum absolute atomic E-state index is 12.7. The fraction of sp³-hybridized carbons (Fsp3) is 0.500. The molecular weight excluding hydrogens is 344 g/mol. The van der Waals surface area contributed by atoms with Gasteiger partial charge < -0.3 is 14.9 Å². The maximum Gasteiger partial charge on any atom is 0.323 e. The molecule has 136 valence electrons. The SMILES string of the molecule is CC(=O)N(CC(=O)O)C1CCCN(C(=O)c2ccc(Cl)c(C)c2)CC1. The molecule has 7 heteroatoms. The molecule has 1 saturated heterocycles. The van der Waals surface area contributed by atoms with Gasteiger partial charge in [-0.2, -0.15) is 0 Å². The average Bonchev–Trinajstić information content (AvgIpc) is 2.80. The Bertz CT molecular complexity index is 677. The Hall–Kier alpha value is -2.08. The molecule has 25 heavy (non-hydrogen) atoms. The van der Waals surface area contributed by atoms with Crippen LogP contribution >= 0.6 is 11.6 Å². The number of amides is 2. The minimum atomic E-state index is -1.02. The van der Waals surface area contributed by atoms with Gasteiger partial charge in [-0.3, -0.25) is 14.4 Å². The zero-order chi connectivity index (χ0) is 18.6. The van der Waals surface area contributed by atoms with E-state index in [4.69, 9.17) is 16.7 Å². The number of carbonyl (C=O) groups is 3. The van der Waals surface area contributed by atoms with Gasteiger partial charge in [0.2, 0.25) is 5.91 Å². The third-order valence-electron chi connectivity index (χ3n) is 4.54. The quantitative estimate of drug-likeness (QED) is 0.888. The summed E-state index contributed by atoms with van der Waals surface area (Å²) in [6, 6.07) is 5.05. The normalized spacial score (nSPS) is 17.7. The fourth-order valence-electron chi connectivity index (χ4n) is 3.20. The molecule has 1 aromatic rings. The summed E-state index contributed by atoms with van der Waals surface area (Å²) < 4.78 is 0. The van der Waals surface area contributed by atoms with Crippen molar-refractivity contribution in [3.05, 3.63) is 34.3 Å². The van der Waals surface area contributed by atoms with E-state index in [2.05, 4.69) is 0 Å². The number of likely N-dealkylation sites (tertiary alicyclic amines) is 1. The molecule has 2 amide bonds. The smallest absolute Gasteiger partial charge is 0.323 e. The number of rotatable bonds is 4. The Kier molecular flexibility index (Phi) is 6.42. The second kappa shape index (κ2) is 8.34. The van der Waals surface area contributed by atoms with E-state index >= 15 is 0 Å². The van der Waals surface area contributed by atoms with E-state index in [0.717, 1.165) is 12.0 Å². The Morgan fingerprint density at radius 2 is 2.00 bits per heavy atom. The molecule has 1 N–H and O–H groups in total. The Labute approximate surface area is 152 Å². The molecule has 0 bridgehead atoms. The highest BCUT2D eigenvalue weighted by Gasteiger charge is 2.28. The number of carboxylic acid groups (broad SMARTS) is 1. The van der Waals surface area contributed by atoms with Crippen molar-refractivity contribution in [2.75, 3.05) is 19.6 Å². The van der Waals surface area contributed by atoms with Crippen LogP contribution in [-0.2, 0) is 9.59 Å². The maximum atomic E-state index is 12.7. The number of halogens is 1. The topological polar surface area (TPSA) is 77.9 Å². The first-order valence-electron chi connectivity index (χ1n) is 8.34. The Morgan fingerprint density at radius 1 is 1.28 bits per heavy atom. The van der Waals surface area contributed by atoms with Crippen LogP contribution in [-0.4, -0.2) is 58.4 Å². The van der Waals surface area contributed by atoms with Gasteiger partial charge >= 0.3 is 5.97 Å². The number of hydrogen-bond donors (Lipinski definition) is 1. The van der Waals surface area contributed by atoms with Crippen LogP contribution in [0.3, 0.4) is 0 Å². The van der Waals surface area contributed by atoms with Gasteiger partial charge in [0.05, 0.1) is 0 Å². The lowest BCUT2D eigenvalue weighted by atomic mass is 10.1. The number of aliphatic carboxylic acids is 1. The summed E-state index contributed by atoms with van der Waals surface area (Å²) in [5, 5.41) is 9.63. The van der Waals surface area contributed by atoms with Gasteiger partial charge in [0.1, 0.15) is 6.54 Å². The van der Waals surface area contributed by atoms with Crippen molar-refractivity contribution in [1.82, 2.24) is 9.80 Å².